The summed E-state index contributed by atoms with van der Waals surface area (Å²) in [5, 5.41) is 6.31. The summed E-state index contributed by atoms with van der Waals surface area (Å²) in [5.74, 6) is -0.00430. The van der Waals surface area contributed by atoms with Gasteiger partial charge in [0, 0.05) is 74.9 Å². The second-order valence-electron chi connectivity index (χ2n) is 11.0. The van der Waals surface area contributed by atoms with Crippen molar-refractivity contribution in [1.29, 1.82) is 0 Å². The molecule has 2 aliphatic rings. The number of H-pyrrole nitrogens is 1. The Balaban J connectivity index is 1.16. The van der Waals surface area contributed by atoms with Gasteiger partial charge in [0.25, 0.3) is 11.8 Å². The molecule has 4 heterocycles. The van der Waals surface area contributed by atoms with Crippen molar-refractivity contribution in [1.82, 2.24) is 24.7 Å². The number of pyridine rings is 1. The third-order valence-corrected chi connectivity index (χ3v) is 8.01. The van der Waals surface area contributed by atoms with Gasteiger partial charge in [0.2, 0.25) is 12.3 Å². The van der Waals surface area contributed by atoms with Gasteiger partial charge < -0.3 is 30.3 Å². The number of hydrogen-bond donors (Lipinski definition) is 3. The molecule has 0 saturated carbocycles. The number of amides is 4. The van der Waals surface area contributed by atoms with E-state index in [1.807, 2.05) is 36.4 Å². The lowest BCUT2D eigenvalue weighted by molar-refractivity contribution is -0.119. The van der Waals surface area contributed by atoms with Crippen molar-refractivity contribution in [3.63, 3.8) is 0 Å². The molecule has 11 heteroatoms. The Labute approximate surface area is 254 Å². The number of para-hydroxylation sites is 1. The Morgan fingerprint density at radius 3 is 2.45 bits per heavy atom. The van der Waals surface area contributed by atoms with Gasteiger partial charge in [-0.25, -0.2) is 4.98 Å². The maximum absolute atomic E-state index is 13.2. The van der Waals surface area contributed by atoms with E-state index in [1.165, 1.54) is 0 Å². The molecule has 224 valence electrons. The van der Waals surface area contributed by atoms with Gasteiger partial charge in [-0.2, -0.15) is 0 Å². The number of anilines is 3. The average molecular weight is 592 g/mol. The predicted molar refractivity (Wildman–Crippen MR) is 167 cm³/mol. The number of carbonyl (C=O) groups excluding carboxylic acids is 4. The van der Waals surface area contributed by atoms with Crippen LogP contribution in [0.2, 0.25) is 0 Å². The van der Waals surface area contributed by atoms with Crippen LogP contribution in [0.3, 0.4) is 0 Å². The average Bonchev–Trinajstić information content (AvgIpc) is 3.42. The van der Waals surface area contributed by atoms with Crippen molar-refractivity contribution >= 4 is 41.3 Å². The summed E-state index contributed by atoms with van der Waals surface area (Å²) in [6.07, 6.45) is 3.25. The van der Waals surface area contributed by atoms with E-state index in [4.69, 9.17) is 0 Å². The smallest absolute Gasteiger partial charge is 0.257 e. The second kappa shape index (κ2) is 12.4. The molecular weight excluding hydrogens is 558 g/mol. The molecule has 2 aromatic heterocycles. The summed E-state index contributed by atoms with van der Waals surface area (Å²) in [4.78, 5) is 62.8. The van der Waals surface area contributed by atoms with Crippen LogP contribution in [0.15, 0.2) is 72.9 Å². The van der Waals surface area contributed by atoms with Crippen molar-refractivity contribution in [3.05, 3.63) is 95.3 Å². The summed E-state index contributed by atoms with van der Waals surface area (Å²) in [6.45, 7) is 2.67. The number of aromatic nitrogens is 2. The minimum atomic E-state index is -0.246. The zero-order valence-corrected chi connectivity index (χ0v) is 24.4. The lowest BCUT2D eigenvalue weighted by Crippen LogP contribution is -2.48. The third kappa shape index (κ3) is 6.03. The highest BCUT2D eigenvalue weighted by molar-refractivity contribution is 6.06. The molecule has 6 rings (SSSR count). The van der Waals surface area contributed by atoms with Gasteiger partial charge in [0.15, 0.2) is 0 Å². The fourth-order valence-electron chi connectivity index (χ4n) is 5.56. The number of benzene rings is 2. The standard InChI is InChI=1S/C33H33N7O4/c1-38-14-12-26-29(33(38)44)31(35-25-5-3-2-4-6-25)30(36-26)24-11-13-34-27(20-24)37-28(42)19-22-7-9-23(10-8-22)32(43)40-17-15-39(21-41)16-18-40/h2-11,13,20-21,35-36H,12,14-19H2,1H3,(H,34,37,42). The van der Waals surface area contributed by atoms with Gasteiger partial charge in [-0.3, -0.25) is 19.2 Å². The SMILES string of the molecule is CN1CCc2[nH]c(-c3ccnc(NC(=O)Cc4ccc(C(=O)N5CCN(C=O)CC5)cc4)c3)c(Nc3ccccc3)c2C1=O. The van der Waals surface area contributed by atoms with E-state index in [0.717, 1.165) is 34.6 Å². The summed E-state index contributed by atoms with van der Waals surface area (Å²) >= 11 is 0. The Bertz CT molecular complexity index is 1690. The second-order valence-corrected chi connectivity index (χ2v) is 11.0. The quantitative estimate of drug-likeness (QED) is 0.269. The van der Waals surface area contributed by atoms with Crippen LogP contribution in [0.1, 0.15) is 32.0 Å². The number of nitrogens with zero attached hydrogens (tertiary/aromatic N) is 4. The van der Waals surface area contributed by atoms with Crippen LogP contribution in [-0.2, 0) is 22.4 Å². The molecule has 11 nitrogen and oxygen atoms in total. The van der Waals surface area contributed by atoms with Crippen LogP contribution in [0.5, 0.6) is 0 Å². The van der Waals surface area contributed by atoms with Crippen molar-refractivity contribution in [3.8, 4) is 11.3 Å². The number of hydrogen-bond acceptors (Lipinski definition) is 6. The molecule has 0 radical (unpaired) electrons. The van der Waals surface area contributed by atoms with Crippen LogP contribution in [0.25, 0.3) is 11.3 Å². The Kier molecular flexibility index (Phi) is 8.09. The molecule has 4 amide bonds. The van der Waals surface area contributed by atoms with E-state index >= 15 is 0 Å². The highest BCUT2D eigenvalue weighted by Crippen LogP contribution is 2.38. The molecule has 1 saturated heterocycles. The van der Waals surface area contributed by atoms with Crippen LogP contribution in [-0.4, -0.2) is 88.6 Å². The van der Waals surface area contributed by atoms with Gasteiger partial charge in [-0.1, -0.05) is 30.3 Å². The predicted octanol–water partition coefficient (Wildman–Crippen LogP) is 3.54. The molecular formula is C33H33N7O4. The molecule has 0 bridgehead atoms. The molecule has 0 unspecified atom stereocenters. The van der Waals surface area contributed by atoms with E-state index in [9.17, 15) is 19.2 Å². The Morgan fingerprint density at radius 1 is 0.977 bits per heavy atom. The maximum Gasteiger partial charge on any atom is 0.257 e. The number of nitrogens with one attached hydrogen (secondary N) is 3. The first kappa shape index (κ1) is 28.7. The summed E-state index contributed by atoms with van der Waals surface area (Å²) in [6, 6.07) is 20.3. The minimum absolute atomic E-state index is 0.0528. The monoisotopic (exact) mass is 591 g/mol. The number of fused-ring (bicyclic) bond motifs is 1. The zero-order valence-electron chi connectivity index (χ0n) is 24.4. The summed E-state index contributed by atoms with van der Waals surface area (Å²) in [7, 11) is 1.80. The van der Waals surface area contributed by atoms with Gasteiger partial charge in [0.05, 0.1) is 23.4 Å². The van der Waals surface area contributed by atoms with E-state index in [2.05, 4.69) is 20.6 Å². The lowest BCUT2D eigenvalue weighted by atomic mass is 10.0. The Morgan fingerprint density at radius 2 is 1.73 bits per heavy atom. The molecule has 0 atom stereocenters. The fraction of sp³-hybridized carbons (Fsp3) is 0.242. The van der Waals surface area contributed by atoms with E-state index in [-0.39, 0.29) is 24.1 Å². The number of aromatic amines is 1. The number of piperazine rings is 1. The molecule has 0 spiro atoms. The van der Waals surface area contributed by atoms with Gasteiger partial charge >= 0.3 is 0 Å². The van der Waals surface area contributed by atoms with Crippen molar-refractivity contribution in [2.75, 3.05) is 50.4 Å². The lowest BCUT2D eigenvalue weighted by Gasteiger charge is -2.32. The van der Waals surface area contributed by atoms with Gasteiger partial charge in [0.1, 0.15) is 5.82 Å². The van der Waals surface area contributed by atoms with Crippen LogP contribution in [0, 0.1) is 0 Å². The van der Waals surface area contributed by atoms with E-state index < -0.39 is 0 Å². The number of carbonyl (C=O) groups is 4. The van der Waals surface area contributed by atoms with Gasteiger partial charge in [-0.15, -0.1) is 0 Å². The van der Waals surface area contributed by atoms with Crippen LogP contribution < -0.4 is 10.6 Å². The zero-order chi connectivity index (χ0) is 30.6. The molecule has 3 N–H and O–H groups in total. The van der Waals surface area contributed by atoms with Crippen molar-refractivity contribution in [2.24, 2.45) is 0 Å². The van der Waals surface area contributed by atoms with E-state index in [1.54, 1.807) is 58.3 Å². The number of likely N-dealkylation sites (N-methyl/N-ethyl adjacent to an activating group) is 1. The van der Waals surface area contributed by atoms with Crippen LogP contribution in [0.4, 0.5) is 17.2 Å². The largest absolute Gasteiger partial charge is 0.356 e. The van der Waals surface area contributed by atoms with Crippen molar-refractivity contribution in [2.45, 2.75) is 12.8 Å². The summed E-state index contributed by atoms with van der Waals surface area (Å²) < 4.78 is 0. The first-order valence-corrected chi connectivity index (χ1v) is 14.6. The number of rotatable bonds is 8. The Hall–Kier alpha value is -5.45. The third-order valence-electron chi connectivity index (χ3n) is 8.01. The highest BCUT2D eigenvalue weighted by atomic mass is 16.2. The van der Waals surface area contributed by atoms with E-state index in [0.29, 0.717) is 61.8 Å². The fourth-order valence-corrected chi connectivity index (χ4v) is 5.56. The molecule has 0 aliphatic carbocycles. The van der Waals surface area contributed by atoms with Crippen molar-refractivity contribution < 1.29 is 19.2 Å². The molecule has 2 aromatic carbocycles. The first-order chi connectivity index (χ1) is 21.4. The van der Waals surface area contributed by atoms with Crippen LogP contribution >= 0.6 is 0 Å². The molecule has 44 heavy (non-hydrogen) atoms. The minimum Gasteiger partial charge on any atom is -0.356 e. The molecule has 2 aliphatic heterocycles. The van der Waals surface area contributed by atoms with Gasteiger partial charge in [-0.05, 0) is 42.0 Å². The summed E-state index contributed by atoms with van der Waals surface area (Å²) in [5.41, 5.74) is 5.85. The highest BCUT2D eigenvalue weighted by Gasteiger charge is 2.30. The molecule has 1 fully saturated rings. The maximum atomic E-state index is 13.2. The first-order valence-electron chi connectivity index (χ1n) is 14.6. The topological polar surface area (TPSA) is 131 Å². The molecule has 4 aromatic rings. The normalized spacial score (nSPS) is 14.7.